The van der Waals surface area contributed by atoms with Crippen LogP contribution >= 0.6 is 0 Å². The highest BCUT2D eigenvalue weighted by molar-refractivity contribution is 5.95. The molecule has 0 bridgehead atoms. The zero-order valence-electron chi connectivity index (χ0n) is 15.5. The zero-order valence-corrected chi connectivity index (χ0v) is 15.5. The maximum absolute atomic E-state index is 12.2. The summed E-state index contributed by atoms with van der Waals surface area (Å²) in [5, 5.41) is 11.7. The van der Waals surface area contributed by atoms with Crippen molar-refractivity contribution in [2.75, 3.05) is 26.0 Å². The number of hydrogen-bond acceptors (Lipinski definition) is 5. The van der Waals surface area contributed by atoms with E-state index in [4.69, 9.17) is 4.74 Å². The van der Waals surface area contributed by atoms with Gasteiger partial charge in [-0.1, -0.05) is 17.3 Å². The van der Waals surface area contributed by atoms with Crippen LogP contribution in [-0.4, -0.2) is 46.5 Å². The smallest absolute Gasteiger partial charge is 0.253 e. The van der Waals surface area contributed by atoms with Crippen LogP contribution < -0.4 is 10.1 Å². The van der Waals surface area contributed by atoms with Crippen molar-refractivity contribution in [2.45, 2.75) is 13.5 Å². The molecule has 0 saturated carbocycles. The molecule has 0 spiro atoms. The summed E-state index contributed by atoms with van der Waals surface area (Å²) in [6.45, 7) is 3.02. The first-order chi connectivity index (χ1) is 12.5. The van der Waals surface area contributed by atoms with Gasteiger partial charge < -0.3 is 15.0 Å². The van der Waals surface area contributed by atoms with Crippen molar-refractivity contribution in [3.8, 4) is 5.75 Å². The molecule has 1 aromatic heterocycles. The van der Waals surface area contributed by atoms with Gasteiger partial charge in [-0.25, -0.2) is 4.68 Å². The summed E-state index contributed by atoms with van der Waals surface area (Å²) >= 11 is 0. The van der Waals surface area contributed by atoms with Gasteiger partial charge in [-0.3, -0.25) is 4.79 Å². The van der Waals surface area contributed by atoms with Crippen LogP contribution in [0.5, 0.6) is 5.75 Å². The number of hydrogen-bond donors (Lipinski definition) is 1. The van der Waals surface area contributed by atoms with E-state index in [1.54, 1.807) is 35.8 Å². The molecule has 1 heterocycles. The lowest BCUT2D eigenvalue weighted by Gasteiger charge is -2.16. The van der Waals surface area contributed by atoms with E-state index >= 15 is 0 Å². The molecule has 7 nitrogen and oxygen atoms in total. The lowest BCUT2D eigenvalue weighted by atomic mass is 10.1. The van der Waals surface area contributed by atoms with Crippen molar-refractivity contribution in [3.63, 3.8) is 0 Å². The van der Waals surface area contributed by atoms with E-state index in [1.165, 1.54) is 0 Å². The second kappa shape index (κ2) is 7.43. The Morgan fingerprint density at radius 1 is 1.27 bits per heavy atom. The molecule has 0 aliphatic carbocycles. The lowest BCUT2D eigenvalue weighted by Crippen LogP contribution is -2.21. The first-order valence-corrected chi connectivity index (χ1v) is 8.51. The maximum atomic E-state index is 12.2. The van der Waals surface area contributed by atoms with Crippen LogP contribution in [0.15, 0.2) is 36.4 Å². The van der Waals surface area contributed by atoms with E-state index in [0.29, 0.717) is 24.5 Å². The zero-order chi connectivity index (χ0) is 18.7. The Hall–Kier alpha value is -3.09. The number of benzene rings is 2. The molecule has 0 fully saturated rings. The lowest BCUT2D eigenvalue weighted by molar-refractivity contribution is 0.0827. The highest BCUT2D eigenvalue weighted by Crippen LogP contribution is 2.27. The number of rotatable bonds is 6. The molecule has 7 heteroatoms. The molecule has 0 radical (unpaired) electrons. The Morgan fingerprint density at radius 3 is 2.81 bits per heavy atom. The molecule has 136 valence electrons. The molecule has 0 aliphatic rings. The number of carbonyl (C=O) groups is 1. The fraction of sp³-hybridized carbons (Fsp3) is 0.316. The molecule has 2 aromatic carbocycles. The van der Waals surface area contributed by atoms with Crippen molar-refractivity contribution < 1.29 is 9.53 Å². The Labute approximate surface area is 152 Å². The topological polar surface area (TPSA) is 72.3 Å². The van der Waals surface area contributed by atoms with Crippen molar-refractivity contribution in [1.82, 2.24) is 19.9 Å². The van der Waals surface area contributed by atoms with E-state index in [9.17, 15) is 4.79 Å². The summed E-state index contributed by atoms with van der Waals surface area (Å²) in [6, 6.07) is 11.5. The van der Waals surface area contributed by atoms with Crippen molar-refractivity contribution in [1.29, 1.82) is 0 Å². The highest BCUT2D eigenvalue weighted by Gasteiger charge is 2.13. The molecule has 0 aliphatic heterocycles. The Kier molecular flexibility index (Phi) is 5.06. The summed E-state index contributed by atoms with van der Waals surface area (Å²) in [7, 11) is 5.34. The average Bonchev–Trinajstić information content (AvgIpc) is 3.02. The quantitative estimate of drug-likeness (QED) is 0.738. The van der Waals surface area contributed by atoms with Crippen LogP contribution in [0.2, 0.25) is 0 Å². The second-order valence-corrected chi connectivity index (χ2v) is 6.20. The van der Waals surface area contributed by atoms with Crippen molar-refractivity contribution >= 4 is 22.6 Å². The molecule has 0 saturated heterocycles. The molecule has 1 amide bonds. The molecule has 3 aromatic rings. The number of fused-ring (bicyclic) bond motifs is 1. The van der Waals surface area contributed by atoms with Crippen LogP contribution in [0.4, 0.5) is 5.69 Å². The Bertz CT molecular complexity index is 933. The van der Waals surface area contributed by atoms with Gasteiger partial charge >= 0.3 is 0 Å². The van der Waals surface area contributed by atoms with Crippen molar-refractivity contribution in [2.24, 2.45) is 7.05 Å². The van der Waals surface area contributed by atoms with Crippen molar-refractivity contribution in [3.05, 3.63) is 47.5 Å². The number of aromatic nitrogens is 3. The van der Waals surface area contributed by atoms with E-state index in [-0.39, 0.29) is 5.91 Å². The van der Waals surface area contributed by atoms with Crippen LogP contribution in [0, 0.1) is 0 Å². The third kappa shape index (κ3) is 3.46. The third-order valence-corrected chi connectivity index (χ3v) is 4.13. The van der Waals surface area contributed by atoms with Crippen LogP contribution in [0.1, 0.15) is 22.8 Å². The van der Waals surface area contributed by atoms with Gasteiger partial charge in [0.15, 0.2) is 0 Å². The number of aryl methyl sites for hydroxylation is 1. The van der Waals surface area contributed by atoms with E-state index in [2.05, 4.69) is 15.6 Å². The maximum Gasteiger partial charge on any atom is 0.253 e. The molecule has 3 rings (SSSR count). The predicted molar refractivity (Wildman–Crippen MR) is 101 cm³/mol. The Morgan fingerprint density at radius 2 is 2.08 bits per heavy atom. The van der Waals surface area contributed by atoms with Gasteiger partial charge in [0.05, 0.1) is 17.8 Å². The number of nitrogens with one attached hydrogen (secondary N) is 1. The van der Waals surface area contributed by atoms with Crippen LogP contribution in [-0.2, 0) is 13.6 Å². The number of nitrogens with zero attached hydrogens (tertiary/aromatic N) is 4. The third-order valence-electron chi connectivity index (χ3n) is 4.13. The predicted octanol–water partition coefficient (Wildman–Crippen LogP) is 2.68. The fourth-order valence-corrected chi connectivity index (χ4v) is 2.78. The Balaban J connectivity index is 1.85. The van der Waals surface area contributed by atoms with Gasteiger partial charge in [0.25, 0.3) is 5.91 Å². The number of anilines is 1. The summed E-state index contributed by atoms with van der Waals surface area (Å²) in [6.07, 6.45) is 0. The SMILES string of the molecule is CCOc1cc(C(=O)N(C)C)ccc1NCc1cccc2c1nnn2C. The second-order valence-electron chi connectivity index (χ2n) is 6.20. The summed E-state index contributed by atoms with van der Waals surface area (Å²) < 4.78 is 7.48. The fourth-order valence-electron chi connectivity index (χ4n) is 2.78. The largest absolute Gasteiger partial charge is 0.492 e. The molecule has 26 heavy (non-hydrogen) atoms. The van der Waals surface area contributed by atoms with Gasteiger partial charge in [-0.15, -0.1) is 5.10 Å². The first kappa shape index (κ1) is 17.7. The van der Waals surface area contributed by atoms with Gasteiger partial charge in [0.2, 0.25) is 0 Å². The van der Waals surface area contributed by atoms with Crippen LogP contribution in [0.25, 0.3) is 11.0 Å². The minimum Gasteiger partial charge on any atom is -0.492 e. The minimum atomic E-state index is -0.0539. The molecular weight excluding hydrogens is 330 g/mol. The van der Waals surface area contributed by atoms with Gasteiger partial charge in [-0.05, 0) is 31.2 Å². The standard InChI is InChI=1S/C19H23N5O2/c1-5-26-17-11-13(19(25)23(2)3)9-10-15(17)20-12-14-7-6-8-16-18(14)21-22-24(16)4/h6-11,20H,5,12H2,1-4H3. The first-order valence-electron chi connectivity index (χ1n) is 8.51. The van der Waals surface area contributed by atoms with E-state index in [1.807, 2.05) is 38.2 Å². The number of ether oxygens (including phenoxy) is 1. The number of amides is 1. The normalized spacial score (nSPS) is 10.8. The van der Waals surface area contributed by atoms with Gasteiger partial charge in [-0.2, -0.15) is 0 Å². The van der Waals surface area contributed by atoms with E-state index in [0.717, 1.165) is 22.3 Å². The molecule has 1 N–H and O–H groups in total. The van der Waals surface area contributed by atoms with Gasteiger partial charge in [0.1, 0.15) is 11.3 Å². The summed E-state index contributed by atoms with van der Waals surface area (Å²) in [4.78, 5) is 13.7. The molecule has 0 unspecified atom stereocenters. The van der Waals surface area contributed by atoms with E-state index < -0.39 is 0 Å². The molecular formula is C19H23N5O2. The average molecular weight is 353 g/mol. The highest BCUT2D eigenvalue weighted by atomic mass is 16.5. The summed E-state index contributed by atoms with van der Waals surface area (Å²) in [5.41, 5.74) is 4.34. The molecule has 0 atom stereocenters. The monoisotopic (exact) mass is 353 g/mol. The van der Waals surface area contributed by atoms with Gasteiger partial charge in [0, 0.05) is 38.8 Å². The number of carbonyl (C=O) groups excluding carboxylic acids is 1. The summed E-state index contributed by atoms with van der Waals surface area (Å²) in [5.74, 6) is 0.605. The van der Waals surface area contributed by atoms with Crippen LogP contribution in [0.3, 0.4) is 0 Å². The minimum absolute atomic E-state index is 0.0539.